The number of phenolic OH excluding ortho intramolecular Hbond substituents is 1. The molecule has 0 spiro atoms. The van der Waals surface area contributed by atoms with E-state index in [1.54, 1.807) is 6.20 Å². The Bertz CT molecular complexity index is 1480. The van der Waals surface area contributed by atoms with Gasteiger partial charge in [-0.2, -0.15) is 10.2 Å². The lowest BCUT2D eigenvalue weighted by molar-refractivity contribution is -0.318. The van der Waals surface area contributed by atoms with Crippen LogP contribution in [0.15, 0.2) is 42.6 Å². The van der Waals surface area contributed by atoms with Gasteiger partial charge in [-0.1, -0.05) is 69.8 Å². The highest BCUT2D eigenvalue weighted by Gasteiger charge is 2.48. The van der Waals surface area contributed by atoms with Crippen molar-refractivity contribution in [1.82, 2.24) is 20.1 Å². The van der Waals surface area contributed by atoms with E-state index < -0.39 is 0 Å². The first-order valence-corrected chi connectivity index (χ1v) is 16.7. The van der Waals surface area contributed by atoms with Crippen LogP contribution < -0.4 is 0 Å². The molecule has 3 aromatic rings. The second-order valence-electron chi connectivity index (χ2n) is 15.1. The van der Waals surface area contributed by atoms with E-state index in [2.05, 4.69) is 43.0 Å². The Hall–Kier alpha value is -2.94. The van der Waals surface area contributed by atoms with Crippen molar-refractivity contribution in [1.29, 1.82) is 0 Å². The van der Waals surface area contributed by atoms with Crippen LogP contribution in [0.25, 0.3) is 16.9 Å². The number of halogens is 1. The maximum absolute atomic E-state index is 13.2. The third kappa shape index (κ3) is 7.90. The third-order valence-corrected chi connectivity index (χ3v) is 9.30. The molecule has 0 bridgehead atoms. The maximum Gasteiger partial charge on any atom is 0.306 e. The molecular formula is C36H49ClN4O4. The quantitative estimate of drug-likeness (QED) is 0.249. The molecule has 2 aliphatic rings. The predicted molar refractivity (Wildman–Crippen MR) is 178 cm³/mol. The van der Waals surface area contributed by atoms with Crippen molar-refractivity contribution >= 4 is 17.6 Å². The minimum atomic E-state index is -0.344. The summed E-state index contributed by atoms with van der Waals surface area (Å²) in [5.74, 6) is -0.102. The molecule has 244 valence electrons. The normalized spacial score (nSPS) is 19.5. The summed E-state index contributed by atoms with van der Waals surface area (Å²) in [5.41, 5.74) is 2.74. The third-order valence-electron chi connectivity index (χ3n) is 9.06. The molecule has 1 aliphatic heterocycles. The van der Waals surface area contributed by atoms with Gasteiger partial charge in [-0.25, -0.2) is 0 Å². The van der Waals surface area contributed by atoms with Gasteiger partial charge in [-0.15, -0.1) is 9.90 Å². The number of benzene rings is 2. The van der Waals surface area contributed by atoms with Crippen molar-refractivity contribution in [2.45, 2.75) is 135 Å². The van der Waals surface area contributed by atoms with Crippen LogP contribution in [0.3, 0.4) is 0 Å². The molecule has 5 rings (SSSR count). The number of nitrogens with zero attached hydrogens (tertiary/aromatic N) is 4. The van der Waals surface area contributed by atoms with Crippen LogP contribution in [0.4, 0.5) is 0 Å². The monoisotopic (exact) mass is 636 g/mol. The summed E-state index contributed by atoms with van der Waals surface area (Å²) >= 11 is 6.19. The molecule has 0 amide bonds. The summed E-state index contributed by atoms with van der Waals surface area (Å²) in [7, 11) is 0. The van der Waals surface area contributed by atoms with Crippen LogP contribution in [0.2, 0.25) is 5.02 Å². The number of aromatic nitrogens is 3. The second kappa shape index (κ2) is 13.0. The first kappa shape index (κ1) is 33.4. The molecule has 1 aromatic heterocycles. The summed E-state index contributed by atoms with van der Waals surface area (Å²) in [6.45, 7) is 14.9. The summed E-state index contributed by atoms with van der Waals surface area (Å²) in [6, 6.07) is 11.2. The summed E-state index contributed by atoms with van der Waals surface area (Å²) in [5, 5.41) is 23.2. The standard InChI is InChI=1S/C36H49ClN4O4/c1-34(2,3)29-18-24(19-31(33(29)43)40-38-23-30(39-40)25-12-11-13-26(37)20-25)16-17-32(42)44-28-21-35(4,5)41(36(6,7)22-28)45-27-14-9-8-10-15-27/h11-13,18-20,23,27-28,43H,8-10,14-17,21-22H2,1-7H3. The van der Waals surface area contributed by atoms with Crippen LogP contribution in [0.1, 0.15) is 111 Å². The van der Waals surface area contributed by atoms with E-state index in [0.29, 0.717) is 35.7 Å². The highest BCUT2D eigenvalue weighted by molar-refractivity contribution is 6.30. The Morgan fingerprint density at radius 2 is 1.71 bits per heavy atom. The Labute approximate surface area is 273 Å². The molecule has 1 saturated carbocycles. The smallest absolute Gasteiger partial charge is 0.306 e. The van der Waals surface area contributed by atoms with E-state index in [4.69, 9.17) is 21.2 Å². The van der Waals surface area contributed by atoms with E-state index in [0.717, 1.165) is 29.5 Å². The van der Waals surface area contributed by atoms with Crippen LogP contribution in [-0.4, -0.2) is 54.4 Å². The number of hydrogen-bond donors (Lipinski definition) is 1. The van der Waals surface area contributed by atoms with Gasteiger partial charge in [0.2, 0.25) is 0 Å². The number of aryl methyl sites for hydroxylation is 1. The van der Waals surface area contributed by atoms with Crippen LogP contribution >= 0.6 is 11.6 Å². The number of hydrogen-bond acceptors (Lipinski definition) is 7. The maximum atomic E-state index is 13.2. The van der Waals surface area contributed by atoms with Gasteiger partial charge in [0.1, 0.15) is 23.2 Å². The predicted octanol–water partition coefficient (Wildman–Crippen LogP) is 8.35. The lowest BCUT2D eigenvalue weighted by Gasteiger charge is -2.54. The number of piperidine rings is 1. The SMILES string of the molecule is CC(C)(C)c1cc(CCC(=O)OC2CC(C)(C)N(OC3CCCCC3)C(C)(C)C2)cc(-n2ncc(-c3cccc(Cl)c3)n2)c1O. The summed E-state index contributed by atoms with van der Waals surface area (Å²) < 4.78 is 6.11. The van der Waals surface area contributed by atoms with E-state index >= 15 is 0 Å². The lowest BCUT2D eigenvalue weighted by Crippen LogP contribution is -2.63. The zero-order valence-corrected chi connectivity index (χ0v) is 28.7. The number of phenols is 1. The van der Waals surface area contributed by atoms with Crippen LogP contribution in [0.5, 0.6) is 5.75 Å². The van der Waals surface area contributed by atoms with Gasteiger partial charge >= 0.3 is 5.97 Å². The molecule has 0 atom stereocenters. The topological polar surface area (TPSA) is 89.7 Å². The Kier molecular flexibility index (Phi) is 9.69. The molecule has 0 unspecified atom stereocenters. The van der Waals surface area contributed by atoms with Gasteiger partial charge in [0.25, 0.3) is 0 Å². The number of aromatic hydroxyl groups is 1. The average Bonchev–Trinajstić information content (AvgIpc) is 3.44. The molecule has 1 N–H and O–H groups in total. The Balaban J connectivity index is 1.28. The van der Waals surface area contributed by atoms with E-state index in [1.807, 2.05) is 57.2 Å². The van der Waals surface area contributed by atoms with E-state index in [-0.39, 0.29) is 46.8 Å². The fourth-order valence-electron chi connectivity index (χ4n) is 7.06. The minimum absolute atomic E-state index is 0.119. The van der Waals surface area contributed by atoms with Gasteiger partial charge in [0.15, 0.2) is 0 Å². The molecule has 1 aliphatic carbocycles. The fraction of sp³-hybridized carbons (Fsp3) is 0.583. The molecule has 2 fully saturated rings. The molecule has 1 saturated heterocycles. The average molecular weight is 637 g/mol. The minimum Gasteiger partial charge on any atom is -0.505 e. The van der Waals surface area contributed by atoms with E-state index in [1.165, 1.54) is 24.1 Å². The highest BCUT2D eigenvalue weighted by atomic mass is 35.5. The zero-order chi connectivity index (χ0) is 32.6. The number of rotatable bonds is 8. The molecule has 45 heavy (non-hydrogen) atoms. The van der Waals surface area contributed by atoms with Gasteiger partial charge in [-0.05, 0) is 76.1 Å². The van der Waals surface area contributed by atoms with Crippen molar-refractivity contribution in [2.24, 2.45) is 0 Å². The van der Waals surface area contributed by atoms with Gasteiger partial charge in [-0.3, -0.25) is 9.63 Å². The highest BCUT2D eigenvalue weighted by Crippen LogP contribution is 2.42. The molecular weight excluding hydrogens is 588 g/mol. The molecule has 9 heteroatoms. The number of carbonyl (C=O) groups is 1. The number of esters is 1. The van der Waals surface area contributed by atoms with Crippen LogP contribution in [0, 0.1) is 0 Å². The molecule has 2 aromatic carbocycles. The summed E-state index contributed by atoms with van der Waals surface area (Å²) in [6.07, 6.45) is 9.81. The first-order valence-electron chi connectivity index (χ1n) is 16.3. The lowest BCUT2D eigenvalue weighted by atomic mass is 9.80. The largest absolute Gasteiger partial charge is 0.505 e. The van der Waals surface area contributed by atoms with Crippen molar-refractivity contribution < 1.29 is 19.5 Å². The molecule has 0 radical (unpaired) electrons. The Morgan fingerprint density at radius 3 is 2.36 bits per heavy atom. The number of carbonyl (C=O) groups excluding carboxylic acids is 1. The van der Waals surface area contributed by atoms with Crippen molar-refractivity contribution in [3.63, 3.8) is 0 Å². The van der Waals surface area contributed by atoms with Gasteiger partial charge in [0.05, 0.1) is 12.3 Å². The van der Waals surface area contributed by atoms with Crippen molar-refractivity contribution in [2.75, 3.05) is 0 Å². The Morgan fingerprint density at radius 1 is 1.02 bits per heavy atom. The fourth-order valence-corrected chi connectivity index (χ4v) is 7.25. The second-order valence-corrected chi connectivity index (χ2v) is 15.5. The first-order chi connectivity index (χ1) is 21.1. The van der Waals surface area contributed by atoms with Crippen molar-refractivity contribution in [3.8, 4) is 22.7 Å². The molecule has 8 nitrogen and oxygen atoms in total. The van der Waals surface area contributed by atoms with Gasteiger partial charge in [0, 0.05) is 46.5 Å². The van der Waals surface area contributed by atoms with Gasteiger partial charge < -0.3 is 9.84 Å². The molecule has 2 heterocycles. The number of ether oxygens (including phenoxy) is 1. The summed E-state index contributed by atoms with van der Waals surface area (Å²) in [4.78, 5) is 21.3. The van der Waals surface area contributed by atoms with Crippen molar-refractivity contribution in [3.05, 3.63) is 58.7 Å². The number of hydroxylamine groups is 2. The van der Waals surface area contributed by atoms with E-state index in [9.17, 15) is 9.90 Å². The zero-order valence-electron chi connectivity index (χ0n) is 27.9. The van der Waals surface area contributed by atoms with Crippen LogP contribution in [-0.2, 0) is 26.2 Å².